The molecule has 1 atom stereocenters. The summed E-state index contributed by atoms with van der Waals surface area (Å²) in [7, 11) is 4.45. The largest absolute Gasteiger partial charge is 0.493 e. The minimum atomic E-state index is -0.973. The number of rotatable bonds is 7. The molecule has 2 N–H and O–H groups in total. The Kier molecular flexibility index (Phi) is 5.83. The zero-order valence-electron chi connectivity index (χ0n) is 12.5. The molecule has 0 saturated carbocycles. The predicted molar refractivity (Wildman–Crippen MR) is 74.6 cm³/mol. The number of hydrogen-bond acceptors (Lipinski definition) is 6. The van der Waals surface area contributed by atoms with Crippen molar-refractivity contribution in [3.05, 3.63) is 17.7 Å². The normalized spacial score (nSPS) is 11.4. The van der Waals surface area contributed by atoms with E-state index in [4.69, 9.17) is 24.7 Å². The number of amides is 1. The van der Waals surface area contributed by atoms with Crippen molar-refractivity contribution in [1.82, 2.24) is 0 Å². The molecule has 0 bridgehead atoms. The van der Waals surface area contributed by atoms with Crippen molar-refractivity contribution in [2.45, 2.75) is 19.4 Å². The molecule has 0 aliphatic heterocycles. The summed E-state index contributed by atoms with van der Waals surface area (Å²) in [5.74, 6) is 0.0247. The van der Waals surface area contributed by atoms with E-state index in [0.717, 1.165) is 0 Å². The summed E-state index contributed by atoms with van der Waals surface area (Å²) in [5.41, 5.74) is 5.64. The standard InChI is InChI=1S/C14H19NO6/c1-8(14(15)17)21-12(16)7-9-5-10(18-2)13(20-4)11(6-9)19-3/h5-6,8H,7H2,1-4H3,(H2,15,17)/t8-/m0/s1. The summed E-state index contributed by atoms with van der Waals surface area (Å²) in [6.45, 7) is 1.41. The summed E-state index contributed by atoms with van der Waals surface area (Å²) >= 11 is 0. The van der Waals surface area contributed by atoms with Crippen molar-refractivity contribution in [2.75, 3.05) is 21.3 Å². The zero-order chi connectivity index (χ0) is 16.0. The fourth-order valence-electron chi connectivity index (χ4n) is 1.70. The van der Waals surface area contributed by atoms with Crippen LogP contribution in [-0.2, 0) is 20.7 Å². The van der Waals surface area contributed by atoms with E-state index < -0.39 is 18.0 Å². The maximum Gasteiger partial charge on any atom is 0.311 e. The number of nitrogens with two attached hydrogens (primary N) is 1. The Balaban J connectivity index is 2.93. The smallest absolute Gasteiger partial charge is 0.311 e. The highest BCUT2D eigenvalue weighted by Gasteiger charge is 2.18. The summed E-state index contributed by atoms with van der Waals surface area (Å²) in [6.07, 6.45) is -1.02. The van der Waals surface area contributed by atoms with E-state index in [-0.39, 0.29) is 6.42 Å². The van der Waals surface area contributed by atoms with E-state index in [2.05, 4.69) is 0 Å². The number of methoxy groups -OCH3 is 3. The van der Waals surface area contributed by atoms with Crippen LogP contribution in [0.4, 0.5) is 0 Å². The molecule has 0 fully saturated rings. The molecule has 7 heteroatoms. The Morgan fingerprint density at radius 3 is 2.00 bits per heavy atom. The first kappa shape index (κ1) is 16.6. The second kappa shape index (κ2) is 7.37. The topological polar surface area (TPSA) is 97.1 Å². The Morgan fingerprint density at radius 1 is 1.10 bits per heavy atom. The molecule has 0 heterocycles. The molecule has 1 amide bonds. The van der Waals surface area contributed by atoms with Crippen LogP contribution in [0.5, 0.6) is 17.2 Å². The van der Waals surface area contributed by atoms with Gasteiger partial charge in [-0.3, -0.25) is 9.59 Å². The number of ether oxygens (including phenoxy) is 4. The van der Waals surface area contributed by atoms with Crippen LogP contribution in [-0.4, -0.2) is 39.3 Å². The lowest BCUT2D eigenvalue weighted by Gasteiger charge is -2.14. The molecule has 1 aromatic carbocycles. The molecule has 1 aromatic rings. The number of primary amides is 1. The highest BCUT2D eigenvalue weighted by atomic mass is 16.5. The van der Waals surface area contributed by atoms with Crippen LogP contribution in [0.25, 0.3) is 0 Å². The molecular weight excluding hydrogens is 278 g/mol. The summed E-state index contributed by atoms with van der Waals surface area (Å²) in [6, 6.07) is 3.27. The minimum absolute atomic E-state index is 0.0473. The van der Waals surface area contributed by atoms with Gasteiger partial charge in [0.2, 0.25) is 5.75 Å². The maximum absolute atomic E-state index is 11.7. The van der Waals surface area contributed by atoms with Gasteiger partial charge in [0, 0.05) is 0 Å². The Bertz CT molecular complexity index is 503. The van der Waals surface area contributed by atoms with Crippen LogP contribution in [0.15, 0.2) is 12.1 Å². The Labute approximate surface area is 122 Å². The van der Waals surface area contributed by atoms with E-state index in [1.807, 2.05) is 0 Å². The van der Waals surface area contributed by atoms with Gasteiger partial charge in [-0.05, 0) is 24.6 Å². The molecule has 116 valence electrons. The van der Waals surface area contributed by atoms with Crippen molar-refractivity contribution in [1.29, 1.82) is 0 Å². The van der Waals surface area contributed by atoms with Crippen LogP contribution < -0.4 is 19.9 Å². The Hall–Kier alpha value is -2.44. The first-order chi connectivity index (χ1) is 9.92. The Morgan fingerprint density at radius 2 is 1.62 bits per heavy atom. The lowest BCUT2D eigenvalue weighted by atomic mass is 10.1. The number of hydrogen-bond donors (Lipinski definition) is 1. The van der Waals surface area contributed by atoms with E-state index in [1.54, 1.807) is 12.1 Å². The average Bonchev–Trinajstić information content (AvgIpc) is 2.45. The van der Waals surface area contributed by atoms with Crippen molar-refractivity contribution in [2.24, 2.45) is 5.73 Å². The lowest BCUT2D eigenvalue weighted by Crippen LogP contribution is -2.30. The number of esters is 1. The molecular formula is C14H19NO6. The molecule has 1 rings (SSSR count). The van der Waals surface area contributed by atoms with Gasteiger partial charge in [-0.25, -0.2) is 0 Å². The molecule has 0 spiro atoms. The van der Waals surface area contributed by atoms with Gasteiger partial charge < -0.3 is 24.7 Å². The highest BCUT2D eigenvalue weighted by Crippen LogP contribution is 2.38. The van der Waals surface area contributed by atoms with Crippen LogP contribution in [0.3, 0.4) is 0 Å². The fraction of sp³-hybridized carbons (Fsp3) is 0.429. The molecule has 0 aromatic heterocycles. The number of carbonyl (C=O) groups excluding carboxylic acids is 2. The van der Waals surface area contributed by atoms with Crippen molar-refractivity contribution in [3.8, 4) is 17.2 Å². The highest BCUT2D eigenvalue weighted by molar-refractivity contribution is 5.82. The van der Waals surface area contributed by atoms with E-state index >= 15 is 0 Å². The van der Waals surface area contributed by atoms with Gasteiger partial charge in [0.1, 0.15) is 0 Å². The second-order valence-electron chi connectivity index (χ2n) is 4.24. The van der Waals surface area contributed by atoms with Gasteiger partial charge in [-0.2, -0.15) is 0 Å². The average molecular weight is 297 g/mol. The molecule has 21 heavy (non-hydrogen) atoms. The van der Waals surface area contributed by atoms with Crippen molar-refractivity contribution >= 4 is 11.9 Å². The molecule has 0 saturated heterocycles. The quantitative estimate of drug-likeness (QED) is 0.743. The van der Waals surface area contributed by atoms with Gasteiger partial charge in [-0.15, -0.1) is 0 Å². The molecule has 7 nitrogen and oxygen atoms in total. The lowest BCUT2D eigenvalue weighted by molar-refractivity contribution is -0.153. The van der Waals surface area contributed by atoms with E-state index in [9.17, 15) is 9.59 Å². The summed E-state index contributed by atoms with van der Waals surface area (Å²) in [5, 5.41) is 0. The van der Waals surface area contributed by atoms with E-state index in [1.165, 1.54) is 28.3 Å². The van der Waals surface area contributed by atoms with Gasteiger partial charge in [0.05, 0.1) is 27.8 Å². The third-order valence-corrected chi connectivity index (χ3v) is 2.78. The van der Waals surface area contributed by atoms with Crippen LogP contribution in [0.1, 0.15) is 12.5 Å². The maximum atomic E-state index is 11.7. The third kappa shape index (κ3) is 4.27. The fourth-order valence-corrected chi connectivity index (χ4v) is 1.70. The van der Waals surface area contributed by atoms with Gasteiger partial charge in [0.15, 0.2) is 17.6 Å². The van der Waals surface area contributed by atoms with Gasteiger partial charge in [0.25, 0.3) is 5.91 Å². The number of benzene rings is 1. The molecule has 0 radical (unpaired) electrons. The SMILES string of the molecule is COc1cc(CC(=O)O[C@@H](C)C(N)=O)cc(OC)c1OC. The summed E-state index contributed by atoms with van der Waals surface area (Å²) < 4.78 is 20.5. The van der Waals surface area contributed by atoms with Crippen LogP contribution in [0.2, 0.25) is 0 Å². The van der Waals surface area contributed by atoms with Crippen LogP contribution >= 0.6 is 0 Å². The summed E-state index contributed by atoms with van der Waals surface area (Å²) in [4.78, 5) is 22.6. The van der Waals surface area contributed by atoms with Gasteiger partial charge in [-0.1, -0.05) is 0 Å². The number of carbonyl (C=O) groups is 2. The third-order valence-electron chi connectivity index (χ3n) is 2.78. The zero-order valence-corrected chi connectivity index (χ0v) is 12.5. The molecule has 0 unspecified atom stereocenters. The minimum Gasteiger partial charge on any atom is -0.493 e. The first-order valence-electron chi connectivity index (χ1n) is 6.20. The van der Waals surface area contributed by atoms with Crippen LogP contribution in [0, 0.1) is 0 Å². The second-order valence-corrected chi connectivity index (χ2v) is 4.24. The van der Waals surface area contributed by atoms with E-state index in [0.29, 0.717) is 22.8 Å². The van der Waals surface area contributed by atoms with Gasteiger partial charge >= 0.3 is 5.97 Å². The first-order valence-corrected chi connectivity index (χ1v) is 6.20. The van der Waals surface area contributed by atoms with Crippen molar-refractivity contribution < 1.29 is 28.5 Å². The molecule has 0 aliphatic carbocycles. The van der Waals surface area contributed by atoms with Crippen molar-refractivity contribution in [3.63, 3.8) is 0 Å². The predicted octanol–water partition coefficient (Wildman–Crippen LogP) is 0.672. The monoisotopic (exact) mass is 297 g/mol. The molecule has 0 aliphatic rings.